The van der Waals surface area contributed by atoms with Gasteiger partial charge in [-0.2, -0.15) is 5.26 Å². The maximum atomic E-state index is 12.6. The molecule has 0 amide bonds. The first-order valence-electron chi connectivity index (χ1n) is 11.5. The number of esters is 1. The Bertz CT molecular complexity index is 699. The summed E-state index contributed by atoms with van der Waals surface area (Å²) < 4.78 is 5.91. The summed E-state index contributed by atoms with van der Waals surface area (Å²) in [6, 6.07) is 11.1. The summed E-state index contributed by atoms with van der Waals surface area (Å²) in [4.78, 5) is 12.6. The fourth-order valence-corrected chi connectivity index (χ4v) is 4.95. The Balaban J connectivity index is 1.36. The summed E-state index contributed by atoms with van der Waals surface area (Å²) in [7, 11) is 0. The molecular formula is C26H35NO2. The third-order valence-corrected chi connectivity index (χ3v) is 6.93. The van der Waals surface area contributed by atoms with E-state index in [1.54, 1.807) is 6.08 Å². The van der Waals surface area contributed by atoms with Gasteiger partial charge in [-0.15, -0.1) is 0 Å². The first kappa shape index (κ1) is 21.6. The first-order chi connectivity index (χ1) is 14.2. The number of benzene rings is 1. The van der Waals surface area contributed by atoms with Gasteiger partial charge in [0.2, 0.25) is 0 Å². The first-order valence-corrected chi connectivity index (χ1v) is 11.5. The Hall–Kier alpha value is -2.08. The van der Waals surface area contributed by atoms with Crippen molar-refractivity contribution in [3.8, 4) is 6.07 Å². The topological polar surface area (TPSA) is 50.1 Å². The van der Waals surface area contributed by atoms with E-state index >= 15 is 0 Å². The molecule has 2 aliphatic rings. The molecule has 3 rings (SSSR count). The SMILES string of the molecule is CCc1ccc(C2CCC(OC(=O)C3CCC(CC/C=C/C#N)CC3)CC2)cc1. The predicted molar refractivity (Wildman–Crippen MR) is 116 cm³/mol. The molecule has 0 heterocycles. The number of aryl methyl sites for hydroxylation is 1. The molecule has 29 heavy (non-hydrogen) atoms. The molecule has 2 aliphatic carbocycles. The summed E-state index contributed by atoms with van der Waals surface area (Å²) >= 11 is 0. The van der Waals surface area contributed by atoms with Gasteiger partial charge in [-0.05, 0) is 93.6 Å². The number of ether oxygens (including phenoxy) is 1. The van der Waals surface area contributed by atoms with E-state index in [0.29, 0.717) is 11.8 Å². The van der Waals surface area contributed by atoms with Gasteiger partial charge >= 0.3 is 5.97 Å². The van der Waals surface area contributed by atoms with Gasteiger partial charge in [0.05, 0.1) is 12.0 Å². The maximum Gasteiger partial charge on any atom is 0.309 e. The van der Waals surface area contributed by atoms with Crippen LogP contribution in [0.4, 0.5) is 0 Å². The summed E-state index contributed by atoms with van der Waals surface area (Å²) in [6.07, 6.45) is 15.2. The molecule has 0 bridgehead atoms. The van der Waals surface area contributed by atoms with Crippen molar-refractivity contribution in [3.05, 3.63) is 47.5 Å². The third-order valence-electron chi connectivity index (χ3n) is 6.93. The minimum atomic E-state index is 0.0450. The predicted octanol–water partition coefficient (Wildman–Crippen LogP) is 6.48. The van der Waals surface area contributed by atoms with Crippen LogP contribution in [-0.2, 0) is 16.0 Å². The molecule has 3 heteroatoms. The quantitative estimate of drug-likeness (QED) is 0.393. The van der Waals surface area contributed by atoms with Crippen LogP contribution in [0.15, 0.2) is 36.4 Å². The molecule has 2 saturated carbocycles. The van der Waals surface area contributed by atoms with Crippen LogP contribution in [0.2, 0.25) is 0 Å². The van der Waals surface area contributed by atoms with Crippen LogP contribution in [0.3, 0.4) is 0 Å². The fraction of sp³-hybridized carbons (Fsp3) is 0.615. The lowest BCUT2D eigenvalue weighted by molar-refractivity contribution is -0.157. The van der Waals surface area contributed by atoms with Crippen LogP contribution in [0.1, 0.15) is 88.2 Å². The monoisotopic (exact) mass is 393 g/mol. The van der Waals surface area contributed by atoms with Crippen LogP contribution in [0, 0.1) is 23.2 Å². The third kappa shape index (κ3) is 6.46. The van der Waals surface area contributed by atoms with E-state index in [0.717, 1.165) is 70.6 Å². The van der Waals surface area contributed by atoms with Gasteiger partial charge in [-0.25, -0.2) is 0 Å². The van der Waals surface area contributed by atoms with Gasteiger partial charge in [0.25, 0.3) is 0 Å². The zero-order valence-electron chi connectivity index (χ0n) is 17.8. The summed E-state index contributed by atoms with van der Waals surface area (Å²) in [6.45, 7) is 2.19. The van der Waals surface area contributed by atoms with Gasteiger partial charge in [-0.3, -0.25) is 4.79 Å². The van der Waals surface area contributed by atoms with E-state index in [2.05, 4.69) is 31.2 Å². The minimum absolute atomic E-state index is 0.0450. The van der Waals surface area contributed by atoms with Crippen LogP contribution in [-0.4, -0.2) is 12.1 Å². The van der Waals surface area contributed by atoms with E-state index in [1.165, 1.54) is 11.1 Å². The highest BCUT2D eigenvalue weighted by molar-refractivity contribution is 5.72. The van der Waals surface area contributed by atoms with Gasteiger partial charge in [0.1, 0.15) is 6.10 Å². The highest BCUT2D eigenvalue weighted by Gasteiger charge is 2.30. The fourth-order valence-electron chi connectivity index (χ4n) is 4.95. The highest BCUT2D eigenvalue weighted by atomic mass is 16.5. The molecule has 3 nitrogen and oxygen atoms in total. The number of rotatable bonds is 7. The number of nitrogens with zero attached hydrogens (tertiary/aromatic N) is 1. The van der Waals surface area contributed by atoms with Crippen molar-refractivity contribution in [1.29, 1.82) is 5.26 Å². The molecule has 0 saturated heterocycles. The second-order valence-corrected chi connectivity index (χ2v) is 8.83. The molecule has 0 aliphatic heterocycles. The second kappa shape index (κ2) is 11.2. The molecule has 1 aromatic carbocycles. The number of nitriles is 1. The van der Waals surface area contributed by atoms with E-state index in [1.807, 2.05) is 12.1 Å². The van der Waals surface area contributed by atoms with Crippen LogP contribution in [0.25, 0.3) is 0 Å². The lowest BCUT2D eigenvalue weighted by Crippen LogP contribution is -2.29. The Morgan fingerprint density at radius 3 is 2.38 bits per heavy atom. The number of hydrogen-bond acceptors (Lipinski definition) is 3. The van der Waals surface area contributed by atoms with Crippen LogP contribution in [0.5, 0.6) is 0 Å². The zero-order chi connectivity index (χ0) is 20.5. The van der Waals surface area contributed by atoms with Crippen molar-refractivity contribution < 1.29 is 9.53 Å². The number of carbonyl (C=O) groups is 1. The molecule has 0 radical (unpaired) electrons. The zero-order valence-corrected chi connectivity index (χ0v) is 17.8. The molecular weight excluding hydrogens is 358 g/mol. The molecule has 0 spiro atoms. The van der Waals surface area contributed by atoms with Crippen molar-refractivity contribution in [2.45, 2.75) is 89.6 Å². The Labute approximate surface area is 176 Å². The molecule has 0 unspecified atom stereocenters. The van der Waals surface area contributed by atoms with E-state index in [9.17, 15) is 4.79 Å². The Morgan fingerprint density at radius 2 is 1.76 bits per heavy atom. The normalized spacial score (nSPS) is 27.4. The van der Waals surface area contributed by atoms with Crippen LogP contribution >= 0.6 is 0 Å². The minimum Gasteiger partial charge on any atom is -0.462 e. The van der Waals surface area contributed by atoms with Gasteiger partial charge in [-0.1, -0.05) is 37.3 Å². The van der Waals surface area contributed by atoms with Crippen molar-refractivity contribution in [2.75, 3.05) is 0 Å². The number of carbonyl (C=O) groups excluding carboxylic acids is 1. The van der Waals surface area contributed by atoms with E-state index in [-0.39, 0.29) is 18.0 Å². The van der Waals surface area contributed by atoms with E-state index in [4.69, 9.17) is 10.00 Å². The average Bonchev–Trinajstić information content (AvgIpc) is 2.78. The Morgan fingerprint density at radius 1 is 1.07 bits per heavy atom. The lowest BCUT2D eigenvalue weighted by atomic mass is 9.79. The molecule has 0 aromatic heterocycles. The summed E-state index contributed by atoms with van der Waals surface area (Å²) in [5.41, 5.74) is 2.83. The van der Waals surface area contributed by atoms with Crippen LogP contribution < -0.4 is 0 Å². The molecule has 0 N–H and O–H groups in total. The second-order valence-electron chi connectivity index (χ2n) is 8.83. The standard InChI is InChI=1S/C26H35NO2/c1-2-20-7-11-22(12-8-20)23-15-17-25(18-16-23)29-26(28)24-13-9-21(10-14-24)6-4-3-5-19-27/h3,5,7-8,11-12,21,23-25H,2,4,6,9-10,13-18H2,1H3/b5-3+. The maximum absolute atomic E-state index is 12.6. The molecule has 156 valence electrons. The highest BCUT2D eigenvalue weighted by Crippen LogP contribution is 2.36. The van der Waals surface area contributed by atoms with Crippen molar-refractivity contribution in [1.82, 2.24) is 0 Å². The lowest BCUT2D eigenvalue weighted by Gasteiger charge is -2.31. The van der Waals surface area contributed by atoms with Gasteiger partial charge in [0.15, 0.2) is 0 Å². The number of allylic oxidation sites excluding steroid dienone is 2. The van der Waals surface area contributed by atoms with Crippen molar-refractivity contribution >= 4 is 5.97 Å². The van der Waals surface area contributed by atoms with Gasteiger partial charge < -0.3 is 4.74 Å². The number of hydrogen-bond donors (Lipinski definition) is 0. The van der Waals surface area contributed by atoms with Crippen molar-refractivity contribution in [2.24, 2.45) is 11.8 Å². The molecule has 2 fully saturated rings. The smallest absolute Gasteiger partial charge is 0.309 e. The Kier molecular flexibility index (Phi) is 8.35. The van der Waals surface area contributed by atoms with E-state index < -0.39 is 0 Å². The molecule has 1 aromatic rings. The van der Waals surface area contributed by atoms with Crippen molar-refractivity contribution in [3.63, 3.8) is 0 Å². The molecule has 0 atom stereocenters. The van der Waals surface area contributed by atoms with Gasteiger partial charge in [0, 0.05) is 6.08 Å². The summed E-state index contributed by atoms with van der Waals surface area (Å²) in [5, 5.41) is 8.54. The largest absolute Gasteiger partial charge is 0.462 e. The average molecular weight is 394 g/mol. The summed E-state index contributed by atoms with van der Waals surface area (Å²) in [5.74, 6) is 1.45.